The molecule has 150 valence electrons. The van der Waals surface area contributed by atoms with Crippen molar-refractivity contribution in [2.24, 2.45) is 0 Å². The van der Waals surface area contributed by atoms with Gasteiger partial charge in [-0.15, -0.1) is 11.3 Å². The fourth-order valence-electron chi connectivity index (χ4n) is 4.10. The Hall–Kier alpha value is -1.92. The monoisotopic (exact) mass is 398 g/mol. The molecule has 5 nitrogen and oxygen atoms in total. The summed E-state index contributed by atoms with van der Waals surface area (Å²) in [7, 11) is 0. The second kappa shape index (κ2) is 7.84. The predicted molar refractivity (Wildman–Crippen MR) is 118 cm³/mol. The lowest BCUT2D eigenvalue weighted by Gasteiger charge is -2.27. The summed E-state index contributed by atoms with van der Waals surface area (Å²) in [6.07, 6.45) is 4.44. The number of thiophene rings is 1. The van der Waals surface area contributed by atoms with Crippen molar-refractivity contribution in [3.8, 4) is 10.6 Å². The second-order valence-electron chi connectivity index (χ2n) is 7.72. The van der Waals surface area contributed by atoms with E-state index in [0.717, 1.165) is 61.7 Å². The summed E-state index contributed by atoms with van der Waals surface area (Å²) >= 11 is 1.83. The second-order valence-corrected chi connectivity index (χ2v) is 8.75. The zero-order chi connectivity index (χ0) is 19.8. The zero-order valence-corrected chi connectivity index (χ0v) is 18.4. The van der Waals surface area contributed by atoms with Crippen LogP contribution in [0.4, 0.5) is 5.00 Å². The molecule has 1 saturated heterocycles. The maximum Gasteiger partial charge on any atom is 0.159 e. The summed E-state index contributed by atoms with van der Waals surface area (Å²) < 4.78 is 7.83. The molecule has 3 aromatic rings. The molecule has 1 fully saturated rings. The van der Waals surface area contributed by atoms with E-state index >= 15 is 0 Å². The van der Waals surface area contributed by atoms with Gasteiger partial charge < -0.3 is 14.2 Å². The summed E-state index contributed by atoms with van der Waals surface area (Å²) in [5, 5.41) is 1.31. The lowest BCUT2D eigenvalue weighted by atomic mass is 10.1. The Balaban J connectivity index is 1.78. The Morgan fingerprint density at radius 3 is 2.46 bits per heavy atom. The van der Waals surface area contributed by atoms with E-state index in [0.29, 0.717) is 6.04 Å². The molecular weight excluding hydrogens is 368 g/mol. The van der Waals surface area contributed by atoms with Crippen LogP contribution in [-0.4, -0.2) is 40.8 Å². The number of hydrogen-bond donors (Lipinski definition) is 0. The average Bonchev–Trinajstić information content (AvgIpc) is 3.23. The van der Waals surface area contributed by atoms with Gasteiger partial charge in [-0.3, -0.25) is 0 Å². The first-order valence-electron chi connectivity index (χ1n) is 10.3. The highest BCUT2D eigenvalue weighted by molar-refractivity contribution is 7.19. The summed E-state index contributed by atoms with van der Waals surface area (Å²) in [5.74, 6) is 0. The summed E-state index contributed by atoms with van der Waals surface area (Å²) in [6, 6.07) is 2.77. The Bertz CT molecular complexity index is 980. The molecule has 0 aliphatic carbocycles. The number of ether oxygens (including phenoxy) is 1. The van der Waals surface area contributed by atoms with Crippen molar-refractivity contribution in [1.82, 2.24) is 14.5 Å². The molecular formula is C22H30N4OS. The highest BCUT2D eigenvalue weighted by Crippen LogP contribution is 2.39. The first-order valence-corrected chi connectivity index (χ1v) is 11.1. The smallest absolute Gasteiger partial charge is 0.159 e. The Morgan fingerprint density at radius 2 is 1.79 bits per heavy atom. The van der Waals surface area contributed by atoms with E-state index in [9.17, 15) is 0 Å². The third kappa shape index (κ3) is 3.33. The molecule has 0 saturated carbocycles. The van der Waals surface area contributed by atoms with Crippen molar-refractivity contribution < 1.29 is 4.74 Å². The molecule has 4 rings (SSSR count). The van der Waals surface area contributed by atoms with Crippen molar-refractivity contribution in [3.05, 3.63) is 29.1 Å². The van der Waals surface area contributed by atoms with Gasteiger partial charge in [0.25, 0.3) is 0 Å². The molecule has 28 heavy (non-hydrogen) atoms. The maximum atomic E-state index is 5.50. The van der Waals surface area contributed by atoms with Crippen LogP contribution >= 0.6 is 11.3 Å². The number of aromatic nitrogens is 3. The van der Waals surface area contributed by atoms with Crippen molar-refractivity contribution >= 4 is 27.5 Å². The van der Waals surface area contributed by atoms with Gasteiger partial charge in [-0.05, 0) is 50.8 Å². The highest BCUT2D eigenvalue weighted by Gasteiger charge is 2.21. The van der Waals surface area contributed by atoms with E-state index in [1.54, 1.807) is 0 Å². The minimum atomic E-state index is 0.479. The average molecular weight is 399 g/mol. The molecule has 0 unspecified atom stereocenters. The quantitative estimate of drug-likeness (QED) is 0.586. The normalized spacial score (nSPS) is 15.1. The van der Waals surface area contributed by atoms with Crippen LogP contribution in [0.25, 0.3) is 21.7 Å². The number of aryl methyl sites for hydroxylation is 3. The van der Waals surface area contributed by atoms with Gasteiger partial charge in [0.2, 0.25) is 0 Å². The molecule has 0 radical (unpaired) electrons. The Kier molecular flexibility index (Phi) is 5.43. The van der Waals surface area contributed by atoms with E-state index in [2.05, 4.69) is 56.3 Å². The molecule has 0 amide bonds. The van der Waals surface area contributed by atoms with Gasteiger partial charge in [-0.25, -0.2) is 9.97 Å². The van der Waals surface area contributed by atoms with Crippen LogP contribution in [0.5, 0.6) is 0 Å². The standard InChI is InChI=1S/C22H30N4OS/c1-6-17(7-2)26-13-15(4)19-22(26)23-16(5)20(24-19)21-14(3)12-18(28-21)25-8-10-27-11-9-25/h12-13,17H,6-11H2,1-5H3. The number of hydrogen-bond acceptors (Lipinski definition) is 5. The van der Waals surface area contributed by atoms with E-state index in [1.807, 2.05) is 11.3 Å². The van der Waals surface area contributed by atoms with Crippen LogP contribution < -0.4 is 4.90 Å². The Morgan fingerprint density at radius 1 is 1.07 bits per heavy atom. The topological polar surface area (TPSA) is 43.2 Å². The highest BCUT2D eigenvalue weighted by atomic mass is 32.1. The third-order valence-electron chi connectivity index (χ3n) is 5.78. The molecule has 0 N–H and O–H groups in total. The molecule has 4 heterocycles. The Labute approximate surface area is 171 Å². The first-order chi connectivity index (χ1) is 13.5. The van der Waals surface area contributed by atoms with Gasteiger partial charge in [-0.2, -0.15) is 0 Å². The number of nitrogens with zero attached hydrogens (tertiary/aromatic N) is 4. The summed E-state index contributed by atoms with van der Waals surface area (Å²) in [5.41, 5.74) is 6.58. The summed E-state index contributed by atoms with van der Waals surface area (Å²) in [6.45, 7) is 14.4. The van der Waals surface area contributed by atoms with Crippen molar-refractivity contribution in [3.63, 3.8) is 0 Å². The largest absolute Gasteiger partial charge is 0.378 e. The van der Waals surface area contributed by atoms with Crippen molar-refractivity contribution in [2.45, 2.75) is 53.5 Å². The number of anilines is 1. The first kappa shape index (κ1) is 19.4. The van der Waals surface area contributed by atoms with E-state index < -0.39 is 0 Å². The van der Waals surface area contributed by atoms with Crippen molar-refractivity contribution in [1.29, 1.82) is 0 Å². The number of rotatable bonds is 5. The van der Waals surface area contributed by atoms with Gasteiger partial charge in [0.1, 0.15) is 11.2 Å². The minimum Gasteiger partial charge on any atom is -0.378 e. The number of morpholine rings is 1. The lowest BCUT2D eigenvalue weighted by Crippen LogP contribution is -2.35. The molecule has 6 heteroatoms. The van der Waals surface area contributed by atoms with Gasteiger partial charge in [0.05, 0.1) is 28.8 Å². The molecule has 1 aliphatic heterocycles. The van der Waals surface area contributed by atoms with Gasteiger partial charge in [0.15, 0.2) is 5.65 Å². The fourth-order valence-corrected chi connectivity index (χ4v) is 5.36. The minimum absolute atomic E-state index is 0.479. The van der Waals surface area contributed by atoms with Crippen LogP contribution in [0.2, 0.25) is 0 Å². The van der Waals surface area contributed by atoms with Crippen LogP contribution in [0.3, 0.4) is 0 Å². The van der Waals surface area contributed by atoms with Crippen LogP contribution in [-0.2, 0) is 4.74 Å². The molecule has 0 spiro atoms. The molecule has 0 bridgehead atoms. The third-order valence-corrected chi connectivity index (χ3v) is 7.09. The van der Waals surface area contributed by atoms with Crippen molar-refractivity contribution in [2.75, 3.05) is 31.2 Å². The van der Waals surface area contributed by atoms with E-state index in [-0.39, 0.29) is 0 Å². The maximum absolute atomic E-state index is 5.50. The molecule has 3 aromatic heterocycles. The molecule has 0 atom stereocenters. The van der Waals surface area contributed by atoms with Gasteiger partial charge >= 0.3 is 0 Å². The number of fused-ring (bicyclic) bond motifs is 1. The SMILES string of the molecule is CCC(CC)n1cc(C)c2nc(-c3sc(N4CCOCC4)cc3C)c(C)nc21. The van der Waals surface area contributed by atoms with Gasteiger partial charge in [0, 0.05) is 25.3 Å². The van der Waals surface area contributed by atoms with E-state index in [4.69, 9.17) is 14.7 Å². The van der Waals surface area contributed by atoms with Gasteiger partial charge in [-0.1, -0.05) is 13.8 Å². The molecule has 1 aliphatic rings. The molecule has 0 aromatic carbocycles. The zero-order valence-electron chi connectivity index (χ0n) is 17.6. The lowest BCUT2D eigenvalue weighted by molar-refractivity contribution is 0.123. The van der Waals surface area contributed by atoms with Crippen LogP contribution in [0.1, 0.15) is 49.6 Å². The van der Waals surface area contributed by atoms with Crippen LogP contribution in [0, 0.1) is 20.8 Å². The summed E-state index contributed by atoms with van der Waals surface area (Å²) in [4.78, 5) is 13.8. The predicted octanol–water partition coefficient (Wildman–Crippen LogP) is 5.28. The van der Waals surface area contributed by atoms with E-state index in [1.165, 1.54) is 21.0 Å². The van der Waals surface area contributed by atoms with Crippen LogP contribution in [0.15, 0.2) is 12.3 Å². The fraction of sp³-hybridized carbons (Fsp3) is 0.545.